The smallest absolute Gasteiger partial charge is 0.251 e. The zero-order valence-electron chi connectivity index (χ0n) is 16.5. The lowest BCUT2D eigenvalue weighted by molar-refractivity contribution is -0.116. The molecule has 2 saturated carbocycles. The molecule has 1 aromatic rings. The number of hydrogen-bond donors (Lipinski definition) is 3. The van der Waals surface area contributed by atoms with Crippen molar-refractivity contribution in [2.45, 2.75) is 64.5 Å². The second kappa shape index (κ2) is 9.70. The lowest BCUT2D eigenvalue weighted by atomic mass is 9.67. The average Bonchev–Trinajstić information content (AvgIpc) is 2.56. The van der Waals surface area contributed by atoms with Crippen molar-refractivity contribution in [2.24, 2.45) is 23.5 Å². The predicted octanol–water partition coefficient (Wildman–Crippen LogP) is 3.87. The third kappa shape index (κ3) is 5.45. The normalized spacial score (nSPS) is 26.3. The van der Waals surface area contributed by atoms with Crippen molar-refractivity contribution in [3.05, 3.63) is 29.6 Å². The van der Waals surface area contributed by atoms with Gasteiger partial charge in [0.05, 0.1) is 5.69 Å². The van der Waals surface area contributed by atoms with Crippen molar-refractivity contribution in [3.8, 4) is 0 Å². The minimum absolute atomic E-state index is 0. The van der Waals surface area contributed by atoms with Crippen LogP contribution in [-0.2, 0) is 4.79 Å². The molecule has 28 heavy (non-hydrogen) atoms. The van der Waals surface area contributed by atoms with E-state index in [1.807, 2.05) is 13.8 Å². The summed E-state index contributed by atoms with van der Waals surface area (Å²) in [6.07, 6.45) is 5.57. The Morgan fingerprint density at radius 2 is 1.86 bits per heavy atom. The molecule has 0 aliphatic heterocycles. The summed E-state index contributed by atoms with van der Waals surface area (Å²) >= 11 is 0. The van der Waals surface area contributed by atoms with E-state index >= 15 is 0 Å². The number of anilines is 1. The summed E-state index contributed by atoms with van der Waals surface area (Å²) in [5.41, 5.74) is 6.53. The van der Waals surface area contributed by atoms with E-state index in [-0.39, 0.29) is 53.5 Å². The highest BCUT2D eigenvalue weighted by Crippen LogP contribution is 2.39. The van der Waals surface area contributed by atoms with E-state index in [0.29, 0.717) is 18.3 Å². The Kier molecular flexibility index (Phi) is 7.84. The molecule has 7 heteroatoms. The van der Waals surface area contributed by atoms with Crippen molar-refractivity contribution in [1.82, 2.24) is 5.32 Å². The molecule has 5 nitrogen and oxygen atoms in total. The van der Waals surface area contributed by atoms with Gasteiger partial charge in [0.1, 0.15) is 5.82 Å². The van der Waals surface area contributed by atoms with Gasteiger partial charge in [-0.3, -0.25) is 9.59 Å². The van der Waals surface area contributed by atoms with Gasteiger partial charge in [-0.2, -0.15) is 0 Å². The summed E-state index contributed by atoms with van der Waals surface area (Å²) in [6.45, 7) is 3.85. The molecule has 2 aliphatic rings. The molecule has 2 amide bonds. The number of rotatable bonds is 5. The van der Waals surface area contributed by atoms with Crippen LogP contribution in [0.3, 0.4) is 0 Å². The molecule has 2 fully saturated rings. The largest absolute Gasteiger partial charge is 0.349 e. The molecule has 0 aromatic heterocycles. The Morgan fingerprint density at radius 3 is 2.43 bits per heavy atom. The molecular weight excluding hydrogens is 381 g/mol. The summed E-state index contributed by atoms with van der Waals surface area (Å²) in [5, 5.41) is 5.69. The maximum absolute atomic E-state index is 14.4. The van der Waals surface area contributed by atoms with Gasteiger partial charge < -0.3 is 16.4 Å². The van der Waals surface area contributed by atoms with Crippen molar-refractivity contribution in [3.63, 3.8) is 0 Å². The highest BCUT2D eigenvalue weighted by atomic mass is 35.5. The second-order valence-electron chi connectivity index (χ2n) is 8.52. The highest BCUT2D eigenvalue weighted by Gasteiger charge is 2.40. The van der Waals surface area contributed by atoms with Crippen LogP contribution in [0.5, 0.6) is 0 Å². The van der Waals surface area contributed by atoms with Crippen LogP contribution in [0, 0.1) is 23.6 Å². The third-order valence-corrected chi connectivity index (χ3v) is 5.77. The van der Waals surface area contributed by atoms with E-state index in [1.165, 1.54) is 18.6 Å². The highest BCUT2D eigenvalue weighted by molar-refractivity contribution is 5.96. The molecule has 1 aromatic carbocycles. The van der Waals surface area contributed by atoms with E-state index in [2.05, 4.69) is 10.6 Å². The quantitative estimate of drug-likeness (QED) is 0.687. The molecule has 0 heterocycles. The SMILES string of the molecule is CC(C)CC(=O)Nc1ccc(C(=O)NC2C3CCCC2CC(N)C3)cc1F.Cl. The Labute approximate surface area is 172 Å². The number of fused-ring (bicyclic) bond motifs is 2. The standard InChI is InChI=1S/C21H30FN3O2.ClH/c1-12(2)8-19(26)24-18-7-6-15(11-17(18)22)21(27)25-20-13-4-3-5-14(20)10-16(23)9-13;/h6-7,11-14,16,20H,3-5,8-10,23H2,1-2H3,(H,24,26)(H,25,27);1H. The minimum Gasteiger partial charge on any atom is -0.349 e. The van der Waals surface area contributed by atoms with Crippen LogP contribution in [0.1, 0.15) is 62.7 Å². The Morgan fingerprint density at radius 1 is 1.21 bits per heavy atom. The molecule has 2 unspecified atom stereocenters. The van der Waals surface area contributed by atoms with Crippen LogP contribution in [-0.4, -0.2) is 23.9 Å². The summed E-state index contributed by atoms with van der Waals surface area (Å²) in [6, 6.07) is 4.57. The maximum Gasteiger partial charge on any atom is 0.251 e. The second-order valence-corrected chi connectivity index (χ2v) is 8.52. The van der Waals surface area contributed by atoms with Gasteiger partial charge in [-0.15, -0.1) is 12.4 Å². The van der Waals surface area contributed by atoms with Gasteiger partial charge in [-0.25, -0.2) is 4.39 Å². The van der Waals surface area contributed by atoms with Crippen molar-refractivity contribution >= 4 is 29.9 Å². The van der Waals surface area contributed by atoms with Gasteiger partial charge in [-0.1, -0.05) is 20.3 Å². The fourth-order valence-corrected chi connectivity index (χ4v) is 4.59. The van der Waals surface area contributed by atoms with Crippen LogP contribution in [0.4, 0.5) is 10.1 Å². The molecule has 0 spiro atoms. The minimum atomic E-state index is -0.592. The first-order valence-electron chi connectivity index (χ1n) is 9.99. The summed E-state index contributed by atoms with van der Waals surface area (Å²) in [7, 11) is 0. The Bertz CT molecular complexity index is 699. The van der Waals surface area contributed by atoms with Gasteiger partial charge >= 0.3 is 0 Å². The van der Waals surface area contributed by atoms with Crippen LogP contribution in [0.2, 0.25) is 0 Å². The number of halogens is 2. The molecule has 156 valence electrons. The lowest BCUT2D eigenvalue weighted by Gasteiger charge is -2.45. The maximum atomic E-state index is 14.4. The molecule has 2 bridgehead atoms. The molecule has 0 saturated heterocycles. The van der Waals surface area contributed by atoms with Crippen LogP contribution >= 0.6 is 12.4 Å². The monoisotopic (exact) mass is 411 g/mol. The van der Waals surface area contributed by atoms with E-state index in [4.69, 9.17) is 5.73 Å². The number of hydrogen-bond acceptors (Lipinski definition) is 3. The van der Waals surface area contributed by atoms with Gasteiger partial charge in [-0.05, 0) is 61.6 Å². The van der Waals surface area contributed by atoms with Crippen LogP contribution in [0.15, 0.2) is 18.2 Å². The zero-order valence-corrected chi connectivity index (χ0v) is 17.4. The van der Waals surface area contributed by atoms with E-state index in [1.54, 1.807) is 6.07 Å². The first-order valence-corrected chi connectivity index (χ1v) is 9.99. The topological polar surface area (TPSA) is 84.2 Å². The molecular formula is C21H31ClFN3O2. The van der Waals surface area contributed by atoms with Crippen molar-refractivity contribution in [2.75, 3.05) is 5.32 Å². The van der Waals surface area contributed by atoms with Gasteiger partial charge in [0.15, 0.2) is 0 Å². The van der Waals surface area contributed by atoms with Crippen molar-refractivity contribution < 1.29 is 14.0 Å². The Balaban J connectivity index is 0.00000280. The number of carbonyl (C=O) groups is 2. The summed E-state index contributed by atoms with van der Waals surface area (Å²) < 4.78 is 14.4. The Hall–Kier alpha value is -1.66. The number of amides is 2. The van der Waals surface area contributed by atoms with Crippen LogP contribution in [0.25, 0.3) is 0 Å². The van der Waals surface area contributed by atoms with Gasteiger partial charge in [0, 0.05) is 24.1 Å². The van der Waals surface area contributed by atoms with Gasteiger partial charge in [0.25, 0.3) is 5.91 Å². The molecule has 3 rings (SSSR count). The van der Waals surface area contributed by atoms with E-state index in [9.17, 15) is 14.0 Å². The fourth-order valence-electron chi connectivity index (χ4n) is 4.59. The van der Waals surface area contributed by atoms with Crippen LogP contribution < -0.4 is 16.4 Å². The molecule has 2 atom stereocenters. The first-order chi connectivity index (χ1) is 12.8. The summed E-state index contributed by atoms with van der Waals surface area (Å²) in [4.78, 5) is 24.5. The predicted molar refractivity (Wildman–Crippen MR) is 111 cm³/mol. The number of carbonyl (C=O) groups excluding carboxylic acids is 2. The molecule has 4 N–H and O–H groups in total. The van der Waals surface area contributed by atoms with Gasteiger partial charge in [0.2, 0.25) is 5.91 Å². The fraction of sp³-hybridized carbons (Fsp3) is 0.619. The van der Waals surface area contributed by atoms with Crippen molar-refractivity contribution in [1.29, 1.82) is 0 Å². The van der Waals surface area contributed by atoms with E-state index in [0.717, 1.165) is 25.7 Å². The average molecular weight is 412 g/mol. The summed E-state index contributed by atoms with van der Waals surface area (Å²) in [5.74, 6) is -0.0580. The third-order valence-electron chi connectivity index (χ3n) is 5.77. The lowest BCUT2D eigenvalue weighted by Crippen LogP contribution is -2.53. The number of nitrogens with two attached hydrogens (primary N) is 1. The molecule has 0 radical (unpaired) electrons. The first kappa shape index (κ1) is 22.6. The zero-order chi connectivity index (χ0) is 19.6. The van der Waals surface area contributed by atoms with E-state index < -0.39 is 5.82 Å². The molecule has 2 aliphatic carbocycles. The number of benzene rings is 1. The number of nitrogens with one attached hydrogen (secondary N) is 2.